The molecular weight excluding hydrogens is 292 g/mol. The van der Waals surface area contributed by atoms with Crippen LogP contribution in [-0.2, 0) is 12.8 Å². The minimum atomic E-state index is 0.104. The van der Waals surface area contributed by atoms with E-state index in [0.717, 1.165) is 0 Å². The SMILES string of the molecule is Cn1c(SCc2nc(N)nc(N)n2)nnc1-c1ccco1. The maximum atomic E-state index is 5.53. The summed E-state index contributed by atoms with van der Waals surface area (Å²) in [6, 6.07) is 3.62. The van der Waals surface area contributed by atoms with Crippen LogP contribution in [0.15, 0.2) is 28.0 Å². The average molecular weight is 304 g/mol. The number of thioether (sulfide) groups is 1. The third-order valence-electron chi connectivity index (χ3n) is 2.62. The normalized spacial score (nSPS) is 10.9. The number of furan rings is 1. The summed E-state index contributed by atoms with van der Waals surface area (Å²) in [5.74, 6) is 2.47. The van der Waals surface area contributed by atoms with E-state index in [9.17, 15) is 0 Å². The summed E-state index contributed by atoms with van der Waals surface area (Å²) in [4.78, 5) is 11.8. The van der Waals surface area contributed by atoms with E-state index in [1.54, 1.807) is 12.3 Å². The topological polar surface area (TPSA) is 135 Å². The lowest BCUT2D eigenvalue weighted by Gasteiger charge is -2.03. The van der Waals surface area contributed by atoms with Crippen LogP contribution in [-0.4, -0.2) is 29.7 Å². The molecule has 0 atom stereocenters. The number of aromatic nitrogens is 6. The van der Waals surface area contributed by atoms with E-state index >= 15 is 0 Å². The molecule has 10 heteroatoms. The van der Waals surface area contributed by atoms with Crippen LogP contribution in [0.5, 0.6) is 0 Å². The highest BCUT2D eigenvalue weighted by Crippen LogP contribution is 2.24. The fourth-order valence-corrected chi connectivity index (χ4v) is 2.48. The highest BCUT2D eigenvalue weighted by molar-refractivity contribution is 7.98. The van der Waals surface area contributed by atoms with Gasteiger partial charge in [-0.05, 0) is 12.1 Å². The minimum Gasteiger partial charge on any atom is -0.461 e. The molecule has 9 nitrogen and oxygen atoms in total. The number of hydrogen-bond acceptors (Lipinski definition) is 9. The molecule has 0 saturated carbocycles. The molecule has 0 radical (unpaired) electrons. The lowest BCUT2D eigenvalue weighted by molar-refractivity contribution is 0.572. The number of hydrogen-bond donors (Lipinski definition) is 2. The van der Waals surface area contributed by atoms with E-state index in [2.05, 4.69) is 25.1 Å². The smallest absolute Gasteiger partial charge is 0.225 e. The van der Waals surface area contributed by atoms with Crippen LogP contribution in [0, 0.1) is 0 Å². The van der Waals surface area contributed by atoms with Gasteiger partial charge in [0.15, 0.2) is 16.7 Å². The Bertz CT molecular complexity index is 733. The van der Waals surface area contributed by atoms with E-state index in [-0.39, 0.29) is 11.9 Å². The van der Waals surface area contributed by atoms with Crippen molar-refractivity contribution in [3.8, 4) is 11.6 Å². The molecule has 3 rings (SSSR count). The second kappa shape index (κ2) is 5.40. The Morgan fingerprint density at radius 1 is 1.19 bits per heavy atom. The van der Waals surface area contributed by atoms with Crippen LogP contribution >= 0.6 is 11.8 Å². The number of rotatable bonds is 4. The van der Waals surface area contributed by atoms with E-state index in [1.807, 2.05) is 17.7 Å². The third-order valence-corrected chi connectivity index (χ3v) is 3.64. The van der Waals surface area contributed by atoms with Crippen LogP contribution in [0.3, 0.4) is 0 Å². The number of anilines is 2. The van der Waals surface area contributed by atoms with Gasteiger partial charge in [0.1, 0.15) is 5.82 Å². The van der Waals surface area contributed by atoms with E-state index in [4.69, 9.17) is 15.9 Å². The van der Waals surface area contributed by atoms with Crippen molar-refractivity contribution in [1.82, 2.24) is 29.7 Å². The van der Waals surface area contributed by atoms with Crippen molar-refractivity contribution < 1.29 is 4.42 Å². The van der Waals surface area contributed by atoms with Crippen LogP contribution in [0.4, 0.5) is 11.9 Å². The molecule has 3 aromatic heterocycles. The monoisotopic (exact) mass is 304 g/mol. The molecule has 0 bridgehead atoms. The summed E-state index contributed by atoms with van der Waals surface area (Å²) in [7, 11) is 1.86. The van der Waals surface area contributed by atoms with Gasteiger partial charge in [-0.2, -0.15) is 15.0 Å². The van der Waals surface area contributed by atoms with Gasteiger partial charge in [-0.15, -0.1) is 10.2 Å². The molecule has 3 aromatic rings. The summed E-state index contributed by atoms with van der Waals surface area (Å²) in [5.41, 5.74) is 11.1. The molecule has 0 amide bonds. The molecule has 4 N–H and O–H groups in total. The average Bonchev–Trinajstić information content (AvgIpc) is 3.05. The first-order chi connectivity index (χ1) is 10.1. The second-order valence-electron chi connectivity index (χ2n) is 4.10. The first-order valence-corrected chi connectivity index (χ1v) is 6.94. The Kier molecular flexibility index (Phi) is 3.44. The van der Waals surface area contributed by atoms with Gasteiger partial charge >= 0.3 is 0 Å². The lowest BCUT2D eigenvalue weighted by Crippen LogP contribution is -2.06. The minimum absolute atomic E-state index is 0.104. The quantitative estimate of drug-likeness (QED) is 0.668. The standard InChI is InChI=1S/C11H12N8OS/c1-19-8(6-3-2-4-20-6)17-18-11(19)21-5-7-14-9(12)16-10(13)15-7/h2-4H,5H2,1H3,(H4,12,13,14,15,16). The Morgan fingerprint density at radius 2 is 1.95 bits per heavy atom. The molecule has 0 fully saturated rings. The Hall–Kier alpha value is -2.62. The summed E-state index contributed by atoms with van der Waals surface area (Å²) in [6.45, 7) is 0. The largest absolute Gasteiger partial charge is 0.461 e. The Labute approximate surface area is 123 Å². The van der Waals surface area contributed by atoms with E-state index < -0.39 is 0 Å². The zero-order chi connectivity index (χ0) is 14.8. The maximum absolute atomic E-state index is 5.53. The molecule has 0 aromatic carbocycles. The molecule has 0 aliphatic carbocycles. The predicted octanol–water partition coefficient (Wildman–Crippen LogP) is 0.717. The summed E-state index contributed by atoms with van der Waals surface area (Å²) in [6.07, 6.45) is 1.59. The van der Waals surface area contributed by atoms with Crippen LogP contribution in [0.25, 0.3) is 11.6 Å². The van der Waals surface area contributed by atoms with Gasteiger partial charge in [0, 0.05) is 7.05 Å². The number of nitrogen functional groups attached to an aromatic ring is 2. The first kappa shape index (κ1) is 13.4. The summed E-state index contributed by atoms with van der Waals surface area (Å²) < 4.78 is 7.14. The lowest BCUT2D eigenvalue weighted by atomic mass is 10.4. The fraction of sp³-hybridized carbons (Fsp3) is 0.182. The predicted molar refractivity (Wildman–Crippen MR) is 76.9 cm³/mol. The molecule has 0 aliphatic rings. The summed E-state index contributed by atoms with van der Waals surface area (Å²) in [5, 5.41) is 8.92. The molecule has 0 saturated heterocycles. The van der Waals surface area contributed by atoms with Gasteiger partial charge in [-0.25, -0.2) is 0 Å². The highest BCUT2D eigenvalue weighted by Gasteiger charge is 2.14. The maximum Gasteiger partial charge on any atom is 0.225 e. The van der Waals surface area contributed by atoms with Crippen molar-refractivity contribution in [3.63, 3.8) is 0 Å². The van der Waals surface area contributed by atoms with Gasteiger partial charge in [-0.3, -0.25) is 0 Å². The van der Waals surface area contributed by atoms with E-state index in [0.29, 0.717) is 28.3 Å². The van der Waals surface area contributed by atoms with Crippen molar-refractivity contribution in [2.75, 3.05) is 11.5 Å². The van der Waals surface area contributed by atoms with Gasteiger partial charge in [0.2, 0.25) is 11.9 Å². The van der Waals surface area contributed by atoms with Gasteiger partial charge in [-0.1, -0.05) is 11.8 Å². The van der Waals surface area contributed by atoms with Gasteiger partial charge in [0.25, 0.3) is 0 Å². The van der Waals surface area contributed by atoms with Crippen LogP contribution < -0.4 is 11.5 Å². The number of nitrogens with zero attached hydrogens (tertiary/aromatic N) is 6. The van der Waals surface area contributed by atoms with Crippen LogP contribution in [0.2, 0.25) is 0 Å². The van der Waals surface area contributed by atoms with Crippen molar-refractivity contribution in [1.29, 1.82) is 0 Å². The van der Waals surface area contributed by atoms with Gasteiger partial charge in [0.05, 0.1) is 12.0 Å². The number of nitrogens with two attached hydrogens (primary N) is 2. The molecule has 0 unspecified atom stereocenters. The van der Waals surface area contributed by atoms with Crippen molar-refractivity contribution in [2.45, 2.75) is 10.9 Å². The second-order valence-corrected chi connectivity index (χ2v) is 5.04. The first-order valence-electron chi connectivity index (χ1n) is 5.95. The van der Waals surface area contributed by atoms with Crippen molar-refractivity contribution >= 4 is 23.7 Å². The third kappa shape index (κ3) is 2.79. The highest BCUT2D eigenvalue weighted by atomic mass is 32.2. The van der Waals surface area contributed by atoms with Crippen molar-refractivity contribution in [3.05, 3.63) is 24.2 Å². The molecule has 21 heavy (non-hydrogen) atoms. The zero-order valence-corrected chi connectivity index (χ0v) is 11.9. The molecule has 3 heterocycles. The molecule has 108 valence electrons. The van der Waals surface area contributed by atoms with Gasteiger partial charge < -0.3 is 20.5 Å². The molecule has 0 aliphatic heterocycles. The zero-order valence-electron chi connectivity index (χ0n) is 11.1. The van der Waals surface area contributed by atoms with E-state index in [1.165, 1.54) is 11.8 Å². The fourth-order valence-electron chi connectivity index (χ4n) is 1.71. The summed E-state index contributed by atoms with van der Waals surface area (Å²) >= 11 is 1.42. The Morgan fingerprint density at radius 3 is 2.62 bits per heavy atom. The van der Waals surface area contributed by atoms with Crippen LogP contribution in [0.1, 0.15) is 5.82 Å². The Balaban J connectivity index is 1.77. The molecular formula is C11H12N8OS. The molecule has 0 spiro atoms. The van der Waals surface area contributed by atoms with Crippen molar-refractivity contribution in [2.24, 2.45) is 7.05 Å².